The lowest BCUT2D eigenvalue weighted by Gasteiger charge is -2.05. The third-order valence-electron chi connectivity index (χ3n) is 2.62. The third kappa shape index (κ3) is 3.13. The minimum atomic E-state index is -0.634. The molecular weight excluding hydrogens is 252 g/mol. The zero-order valence-corrected chi connectivity index (χ0v) is 10.2. The van der Waals surface area contributed by atoms with E-state index in [1.807, 2.05) is 0 Å². The number of hydrogen-bond donors (Lipinski definition) is 0. The van der Waals surface area contributed by atoms with Crippen LogP contribution in [0.5, 0.6) is 0 Å². The van der Waals surface area contributed by atoms with E-state index in [4.69, 9.17) is 0 Å². The second-order valence-corrected chi connectivity index (χ2v) is 3.94. The summed E-state index contributed by atoms with van der Waals surface area (Å²) in [5.74, 6) is -1.74. The maximum absolute atomic E-state index is 13.5. The van der Waals surface area contributed by atoms with Gasteiger partial charge in [-0.05, 0) is 23.8 Å². The van der Waals surface area contributed by atoms with Gasteiger partial charge in [0.1, 0.15) is 11.6 Å². The van der Waals surface area contributed by atoms with Gasteiger partial charge in [-0.3, -0.25) is 4.98 Å². The first-order chi connectivity index (χ1) is 9.10. The lowest BCUT2D eigenvalue weighted by molar-refractivity contribution is 0.0600. The number of pyridine rings is 1. The molecule has 0 aliphatic carbocycles. The zero-order valence-electron chi connectivity index (χ0n) is 10.2. The first-order valence-corrected chi connectivity index (χ1v) is 5.57. The molecule has 1 heterocycles. The van der Waals surface area contributed by atoms with E-state index >= 15 is 0 Å². The fourth-order valence-electron chi connectivity index (χ4n) is 1.68. The Labute approximate surface area is 108 Å². The Hall–Kier alpha value is -2.30. The van der Waals surface area contributed by atoms with E-state index in [1.165, 1.54) is 37.6 Å². The number of esters is 1. The normalized spacial score (nSPS) is 10.3. The average molecular weight is 263 g/mol. The van der Waals surface area contributed by atoms with Crippen LogP contribution in [0.4, 0.5) is 8.78 Å². The van der Waals surface area contributed by atoms with Gasteiger partial charge in [0, 0.05) is 24.4 Å². The molecule has 0 amide bonds. The second kappa shape index (κ2) is 5.56. The maximum Gasteiger partial charge on any atom is 0.337 e. The minimum Gasteiger partial charge on any atom is -0.465 e. The highest BCUT2D eigenvalue weighted by Gasteiger charge is 2.09. The number of methoxy groups -OCH3 is 1. The number of carbonyl (C=O) groups excluding carboxylic acids is 1. The van der Waals surface area contributed by atoms with Crippen LogP contribution in [0.3, 0.4) is 0 Å². The molecule has 0 aliphatic heterocycles. The van der Waals surface area contributed by atoms with E-state index in [0.717, 1.165) is 6.07 Å². The van der Waals surface area contributed by atoms with Crippen molar-refractivity contribution in [2.75, 3.05) is 7.11 Å². The smallest absolute Gasteiger partial charge is 0.337 e. The summed E-state index contributed by atoms with van der Waals surface area (Å²) in [5, 5.41) is 0. The summed E-state index contributed by atoms with van der Waals surface area (Å²) in [6.07, 6.45) is 1.62. The summed E-state index contributed by atoms with van der Waals surface area (Å²) >= 11 is 0. The Morgan fingerprint density at radius 3 is 2.74 bits per heavy atom. The van der Waals surface area contributed by atoms with Gasteiger partial charge in [0.25, 0.3) is 0 Å². The summed E-state index contributed by atoms with van der Waals surface area (Å²) in [6, 6.07) is 6.39. The summed E-state index contributed by atoms with van der Waals surface area (Å²) in [6.45, 7) is 0. The molecule has 0 N–H and O–H groups in total. The van der Waals surface area contributed by atoms with Gasteiger partial charge in [0.05, 0.1) is 12.7 Å². The molecule has 5 heteroatoms. The van der Waals surface area contributed by atoms with Crippen LogP contribution in [0.15, 0.2) is 36.5 Å². The molecule has 0 bridgehead atoms. The molecule has 3 nitrogen and oxygen atoms in total. The van der Waals surface area contributed by atoms with E-state index in [-0.39, 0.29) is 6.42 Å². The van der Waals surface area contributed by atoms with Crippen LogP contribution >= 0.6 is 0 Å². The molecule has 0 saturated carbocycles. The molecule has 2 rings (SSSR count). The number of hydrogen-bond acceptors (Lipinski definition) is 3. The van der Waals surface area contributed by atoms with Crippen molar-refractivity contribution in [2.45, 2.75) is 6.42 Å². The Kier molecular flexibility index (Phi) is 3.85. The first kappa shape index (κ1) is 13.1. The molecule has 0 atom stereocenters. The van der Waals surface area contributed by atoms with E-state index in [2.05, 4.69) is 9.72 Å². The van der Waals surface area contributed by atoms with E-state index < -0.39 is 17.6 Å². The van der Waals surface area contributed by atoms with Crippen LogP contribution in [0.2, 0.25) is 0 Å². The molecule has 0 aliphatic rings. The average Bonchev–Trinajstić information content (AvgIpc) is 2.41. The SMILES string of the molecule is COC(=O)c1ccnc(Cc2ccc(F)cc2F)c1. The van der Waals surface area contributed by atoms with Crippen molar-refractivity contribution in [3.8, 4) is 0 Å². The zero-order chi connectivity index (χ0) is 13.8. The van der Waals surface area contributed by atoms with Gasteiger partial charge < -0.3 is 4.74 Å². The van der Waals surface area contributed by atoms with Crippen molar-refractivity contribution in [2.24, 2.45) is 0 Å². The number of carbonyl (C=O) groups is 1. The molecule has 0 fully saturated rings. The molecule has 1 aromatic heterocycles. The molecule has 2 aromatic rings. The second-order valence-electron chi connectivity index (χ2n) is 3.94. The van der Waals surface area contributed by atoms with E-state index in [0.29, 0.717) is 16.8 Å². The van der Waals surface area contributed by atoms with Crippen molar-refractivity contribution < 1.29 is 18.3 Å². The van der Waals surface area contributed by atoms with Crippen LogP contribution in [-0.4, -0.2) is 18.1 Å². The number of nitrogens with zero attached hydrogens (tertiary/aromatic N) is 1. The topological polar surface area (TPSA) is 39.2 Å². The maximum atomic E-state index is 13.5. The monoisotopic (exact) mass is 263 g/mol. The van der Waals surface area contributed by atoms with Gasteiger partial charge in [0.2, 0.25) is 0 Å². The standard InChI is InChI=1S/C14H11F2NO2/c1-19-14(18)10-4-5-17-12(7-10)6-9-2-3-11(15)8-13(9)16/h2-5,7-8H,6H2,1H3. The van der Waals surface area contributed by atoms with Crippen molar-refractivity contribution in [3.05, 3.63) is 65.0 Å². The number of ether oxygens (including phenoxy) is 1. The summed E-state index contributed by atoms with van der Waals surface area (Å²) in [4.78, 5) is 15.4. The van der Waals surface area contributed by atoms with Crippen LogP contribution in [0, 0.1) is 11.6 Å². The van der Waals surface area contributed by atoms with Gasteiger partial charge in [-0.25, -0.2) is 13.6 Å². The van der Waals surface area contributed by atoms with Gasteiger partial charge in [0.15, 0.2) is 0 Å². The highest BCUT2D eigenvalue weighted by molar-refractivity contribution is 5.89. The van der Waals surface area contributed by atoms with Crippen LogP contribution in [0.25, 0.3) is 0 Å². The summed E-state index contributed by atoms with van der Waals surface area (Å²) in [5.41, 5.74) is 1.17. The van der Waals surface area contributed by atoms with Crippen molar-refractivity contribution in [1.82, 2.24) is 4.98 Å². The molecule has 0 radical (unpaired) electrons. The molecule has 0 saturated heterocycles. The summed E-state index contributed by atoms with van der Waals surface area (Å²) in [7, 11) is 1.28. The quantitative estimate of drug-likeness (QED) is 0.799. The van der Waals surface area contributed by atoms with Gasteiger partial charge in [-0.2, -0.15) is 0 Å². The molecule has 1 aromatic carbocycles. The Morgan fingerprint density at radius 1 is 1.26 bits per heavy atom. The Balaban J connectivity index is 2.26. The van der Waals surface area contributed by atoms with Crippen LogP contribution in [0.1, 0.15) is 21.6 Å². The molecule has 0 spiro atoms. The predicted octanol–water partition coefficient (Wildman–Crippen LogP) is 2.74. The first-order valence-electron chi connectivity index (χ1n) is 5.57. The number of halogens is 2. The van der Waals surface area contributed by atoms with Gasteiger partial charge >= 0.3 is 5.97 Å². The highest BCUT2D eigenvalue weighted by Crippen LogP contribution is 2.14. The van der Waals surface area contributed by atoms with Gasteiger partial charge in [-0.15, -0.1) is 0 Å². The Morgan fingerprint density at radius 2 is 2.05 bits per heavy atom. The van der Waals surface area contributed by atoms with Crippen molar-refractivity contribution >= 4 is 5.97 Å². The van der Waals surface area contributed by atoms with Crippen LogP contribution in [-0.2, 0) is 11.2 Å². The fraction of sp³-hybridized carbons (Fsp3) is 0.143. The van der Waals surface area contributed by atoms with E-state index in [9.17, 15) is 13.6 Å². The summed E-state index contributed by atoms with van der Waals surface area (Å²) < 4.78 is 30.9. The van der Waals surface area contributed by atoms with E-state index in [1.54, 1.807) is 0 Å². The van der Waals surface area contributed by atoms with Crippen LogP contribution < -0.4 is 0 Å². The lowest BCUT2D eigenvalue weighted by atomic mass is 10.1. The third-order valence-corrected chi connectivity index (χ3v) is 2.62. The largest absolute Gasteiger partial charge is 0.465 e. The van der Waals surface area contributed by atoms with Crippen molar-refractivity contribution in [1.29, 1.82) is 0 Å². The predicted molar refractivity (Wildman–Crippen MR) is 64.7 cm³/mol. The van der Waals surface area contributed by atoms with Crippen molar-refractivity contribution in [3.63, 3.8) is 0 Å². The number of benzene rings is 1. The molecule has 98 valence electrons. The number of aromatic nitrogens is 1. The van der Waals surface area contributed by atoms with Gasteiger partial charge in [-0.1, -0.05) is 6.07 Å². The Bertz CT molecular complexity index is 614. The molecule has 19 heavy (non-hydrogen) atoms. The lowest BCUT2D eigenvalue weighted by Crippen LogP contribution is -2.03. The number of rotatable bonds is 3. The fourth-order valence-corrected chi connectivity index (χ4v) is 1.68. The molecular formula is C14H11F2NO2. The minimum absolute atomic E-state index is 0.178. The molecule has 0 unspecified atom stereocenters. The highest BCUT2D eigenvalue weighted by atomic mass is 19.1.